The van der Waals surface area contributed by atoms with Crippen LogP contribution < -0.4 is 15.4 Å². The lowest BCUT2D eigenvalue weighted by Gasteiger charge is -2.14. The molecule has 41 heavy (non-hydrogen) atoms. The number of carbonyl (C=O) groups excluding carboxylic acids is 2. The molecule has 0 bridgehead atoms. The molecule has 0 radical (unpaired) electrons. The van der Waals surface area contributed by atoms with Crippen LogP contribution in [0.4, 0.5) is 18.9 Å². The molecule has 0 saturated heterocycles. The topological polar surface area (TPSA) is 98.1 Å². The maximum Gasteiger partial charge on any atom is 0.416 e. The van der Waals surface area contributed by atoms with Crippen molar-refractivity contribution in [3.63, 3.8) is 0 Å². The molecule has 2 N–H and O–H groups in total. The van der Waals surface area contributed by atoms with E-state index in [0.29, 0.717) is 28.0 Å². The van der Waals surface area contributed by atoms with Crippen molar-refractivity contribution in [3.05, 3.63) is 93.8 Å². The third-order valence-corrected chi connectivity index (χ3v) is 7.36. The average molecular weight is 604 g/mol. The van der Waals surface area contributed by atoms with E-state index in [1.54, 1.807) is 41.0 Å². The van der Waals surface area contributed by atoms with Crippen molar-refractivity contribution in [2.75, 3.05) is 18.2 Å². The molecule has 0 aliphatic carbocycles. The van der Waals surface area contributed by atoms with E-state index in [0.717, 1.165) is 41.1 Å². The Morgan fingerprint density at radius 3 is 2.49 bits per heavy atom. The molecule has 8 nitrogen and oxygen atoms in total. The van der Waals surface area contributed by atoms with Crippen LogP contribution in [0, 0.1) is 13.8 Å². The maximum atomic E-state index is 13.1. The van der Waals surface area contributed by atoms with Gasteiger partial charge in [-0.1, -0.05) is 41.6 Å². The minimum atomic E-state index is -4.59. The Bertz CT molecular complexity index is 1590. The van der Waals surface area contributed by atoms with Crippen molar-refractivity contribution in [3.8, 4) is 11.4 Å². The predicted octanol–water partition coefficient (Wildman–Crippen LogP) is 6.23. The number of halogens is 4. The van der Waals surface area contributed by atoms with Crippen molar-refractivity contribution in [1.82, 2.24) is 20.1 Å². The van der Waals surface area contributed by atoms with Crippen LogP contribution in [0.25, 0.3) is 5.69 Å². The molecule has 3 aromatic carbocycles. The zero-order valence-electron chi connectivity index (χ0n) is 22.2. The average Bonchev–Trinajstić information content (AvgIpc) is 3.35. The van der Waals surface area contributed by atoms with E-state index in [2.05, 4.69) is 20.8 Å². The van der Waals surface area contributed by atoms with Gasteiger partial charge in [-0.05, 0) is 67.4 Å². The number of aryl methyl sites for hydroxylation is 2. The normalized spacial score (nSPS) is 11.3. The Balaban J connectivity index is 1.55. The maximum absolute atomic E-state index is 13.1. The summed E-state index contributed by atoms with van der Waals surface area (Å²) in [6.45, 7) is 3.90. The summed E-state index contributed by atoms with van der Waals surface area (Å²) in [5, 5.41) is 14.0. The second-order valence-electron chi connectivity index (χ2n) is 8.92. The molecular weight excluding hydrogens is 579 g/mol. The number of anilines is 1. The van der Waals surface area contributed by atoms with Gasteiger partial charge >= 0.3 is 6.18 Å². The molecule has 2 amide bonds. The monoisotopic (exact) mass is 603 g/mol. The number of nitrogens with one attached hydrogen (secondary N) is 2. The molecule has 0 saturated carbocycles. The van der Waals surface area contributed by atoms with Gasteiger partial charge in [0.1, 0.15) is 5.75 Å². The lowest BCUT2D eigenvalue weighted by Crippen LogP contribution is -2.25. The van der Waals surface area contributed by atoms with Crippen LogP contribution in [0.3, 0.4) is 0 Å². The highest BCUT2D eigenvalue weighted by Gasteiger charge is 2.31. The SMILES string of the molecule is COc1ccccc1-n1c(CNC(=O)c2ccc(C)c(C)c2)nnc1SCC(=O)Nc1cc(C(F)(F)F)ccc1Cl. The fraction of sp³-hybridized carbons (Fsp3) is 0.214. The summed E-state index contributed by atoms with van der Waals surface area (Å²) in [6, 6.07) is 15.2. The van der Waals surface area contributed by atoms with Crippen LogP contribution >= 0.6 is 23.4 Å². The van der Waals surface area contributed by atoms with E-state index in [4.69, 9.17) is 16.3 Å². The molecule has 0 aliphatic rings. The van der Waals surface area contributed by atoms with E-state index < -0.39 is 17.6 Å². The summed E-state index contributed by atoms with van der Waals surface area (Å²) in [5.74, 6) is -0.245. The van der Waals surface area contributed by atoms with E-state index in [-0.39, 0.29) is 28.9 Å². The Hall–Kier alpha value is -4.03. The number of alkyl halides is 3. The minimum Gasteiger partial charge on any atom is -0.495 e. The highest BCUT2D eigenvalue weighted by atomic mass is 35.5. The van der Waals surface area contributed by atoms with E-state index in [1.807, 2.05) is 19.9 Å². The van der Waals surface area contributed by atoms with Gasteiger partial charge in [0, 0.05) is 5.56 Å². The number of amides is 2. The lowest BCUT2D eigenvalue weighted by molar-refractivity contribution is -0.137. The molecule has 1 heterocycles. The first-order chi connectivity index (χ1) is 19.5. The second kappa shape index (κ2) is 12.6. The molecule has 4 rings (SSSR count). The number of carbonyl (C=O) groups is 2. The summed E-state index contributed by atoms with van der Waals surface area (Å²) in [5.41, 5.74) is 2.02. The molecular formula is C28H25ClF3N5O3S. The number of para-hydroxylation sites is 2. The van der Waals surface area contributed by atoms with Crippen molar-refractivity contribution < 1.29 is 27.5 Å². The Morgan fingerprint density at radius 2 is 1.78 bits per heavy atom. The van der Waals surface area contributed by atoms with Gasteiger partial charge in [0.2, 0.25) is 5.91 Å². The van der Waals surface area contributed by atoms with Crippen molar-refractivity contribution in [2.24, 2.45) is 0 Å². The van der Waals surface area contributed by atoms with Crippen molar-refractivity contribution >= 4 is 40.9 Å². The summed E-state index contributed by atoms with van der Waals surface area (Å²) < 4.78 is 46.5. The number of nitrogens with zero attached hydrogens (tertiary/aromatic N) is 3. The minimum absolute atomic E-state index is 0.0173. The third kappa shape index (κ3) is 7.19. The molecule has 1 aromatic heterocycles. The number of methoxy groups -OCH3 is 1. The van der Waals surface area contributed by atoms with Crippen molar-refractivity contribution in [1.29, 1.82) is 0 Å². The van der Waals surface area contributed by atoms with Crippen LogP contribution in [-0.4, -0.2) is 39.4 Å². The highest BCUT2D eigenvalue weighted by Crippen LogP contribution is 2.34. The number of hydrogen-bond donors (Lipinski definition) is 2. The van der Waals surface area contributed by atoms with Gasteiger partial charge in [-0.3, -0.25) is 14.2 Å². The van der Waals surface area contributed by atoms with Crippen LogP contribution in [0.1, 0.15) is 32.9 Å². The Labute approximate surface area is 243 Å². The molecule has 13 heteroatoms. The summed E-state index contributed by atoms with van der Waals surface area (Å²) in [7, 11) is 1.50. The number of ether oxygens (including phenoxy) is 1. The number of hydrogen-bond acceptors (Lipinski definition) is 6. The van der Waals surface area contributed by atoms with Gasteiger partial charge in [0.05, 0.1) is 41.4 Å². The first-order valence-electron chi connectivity index (χ1n) is 12.2. The fourth-order valence-electron chi connectivity index (χ4n) is 3.82. The molecule has 0 atom stereocenters. The first kappa shape index (κ1) is 29.9. The zero-order chi connectivity index (χ0) is 29.7. The van der Waals surface area contributed by atoms with Crippen LogP contribution in [-0.2, 0) is 17.5 Å². The number of benzene rings is 3. The van der Waals surface area contributed by atoms with Gasteiger partial charge in [0.15, 0.2) is 11.0 Å². The fourth-order valence-corrected chi connectivity index (χ4v) is 4.75. The van der Waals surface area contributed by atoms with Crippen LogP contribution in [0.2, 0.25) is 5.02 Å². The predicted molar refractivity (Wildman–Crippen MR) is 151 cm³/mol. The molecule has 0 unspecified atom stereocenters. The summed E-state index contributed by atoms with van der Waals surface area (Å²) in [6.07, 6.45) is -4.59. The van der Waals surface area contributed by atoms with Gasteiger partial charge < -0.3 is 15.4 Å². The molecule has 0 spiro atoms. The number of thioether (sulfide) groups is 1. The van der Waals surface area contributed by atoms with Crippen LogP contribution in [0.5, 0.6) is 5.75 Å². The standard InChI is InChI=1S/C28H25ClF3N5O3S/c1-16-8-9-18(12-17(16)2)26(39)33-14-24-35-36-27(37(24)22-6-4-5-7-23(22)40-3)41-15-25(38)34-21-13-19(28(30,31)32)10-11-20(21)29/h4-13H,14-15H2,1-3H3,(H,33,39)(H,34,38). The smallest absolute Gasteiger partial charge is 0.416 e. The molecule has 0 fully saturated rings. The molecule has 214 valence electrons. The Morgan fingerprint density at radius 1 is 1.02 bits per heavy atom. The third-order valence-electron chi connectivity index (χ3n) is 6.10. The molecule has 0 aliphatic heterocycles. The quantitative estimate of drug-likeness (QED) is 0.220. The first-order valence-corrected chi connectivity index (χ1v) is 13.6. The zero-order valence-corrected chi connectivity index (χ0v) is 23.7. The van der Waals surface area contributed by atoms with Gasteiger partial charge in [0.25, 0.3) is 5.91 Å². The summed E-state index contributed by atoms with van der Waals surface area (Å²) >= 11 is 7.01. The lowest BCUT2D eigenvalue weighted by atomic mass is 10.1. The largest absolute Gasteiger partial charge is 0.495 e. The van der Waals surface area contributed by atoms with E-state index in [1.165, 1.54) is 7.11 Å². The summed E-state index contributed by atoms with van der Waals surface area (Å²) in [4.78, 5) is 25.5. The number of rotatable bonds is 9. The molecule has 4 aromatic rings. The highest BCUT2D eigenvalue weighted by molar-refractivity contribution is 7.99. The van der Waals surface area contributed by atoms with E-state index >= 15 is 0 Å². The number of aromatic nitrogens is 3. The van der Waals surface area contributed by atoms with Crippen molar-refractivity contribution in [2.45, 2.75) is 31.7 Å². The van der Waals surface area contributed by atoms with E-state index in [9.17, 15) is 22.8 Å². The Kier molecular flexibility index (Phi) is 9.24. The second-order valence-corrected chi connectivity index (χ2v) is 10.3. The van der Waals surface area contributed by atoms with Crippen LogP contribution in [0.15, 0.2) is 65.8 Å². The van der Waals surface area contributed by atoms with Gasteiger partial charge in [-0.25, -0.2) is 0 Å². The van der Waals surface area contributed by atoms with Gasteiger partial charge in [-0.15, -0.1) is 10.2 Å². The van der Waals surface area contributed by atoms with Gasteiger partial charge in [-0.2, -0.15) is 13.2 Å².